The van der Waals surface area contributed by atoms with Crippen molar-refractivity contribution in [3.05, 3.63) is 35.4 Å². The van der Waals surface area contributed by atoms with Crippen molar-refractivity contribution in [3.8, 4) is 0 Å². The molecule has 1 aromatic rings. The monoisotopic (exact) mass is 426 g/mol. The molecule has 6 N–H and O–H groups in total. The van der Waals surface area contributed by atoms with Crippen LogP contribution in [0.2, 0.25) is 0 Å². The molecule has 0 aliphatic heterocycles. The second-order valence-electron chi connectivity index (χ2n) is 5.28. The number of aliphatic carboxylic acids is 2. The first-order valence-electron chi connectivity index (χ1n) is 7.91. The molecule has 2 amide bonds. The number of hydrogen-bond donors (Lipinski definition) is 6. The largest absolute Gasteiger partial charge is 0.481 e. The molecule has 0 bridgehead atoms. The average Bonchev–Trinajstić information content (AvgIpc) is 2.61. The molecule has 0 saturated heterocycles. The highest BCUT2D eigenvalue weighted by Gasteiger charge is 2.11. The molecule has 0 radical (unpaired) electrons. The Morgan fingerprint density at radius 2 is 1.04 bits per heavy atom. The quantitative estimate of drug-likeness (QED) is 0.309. The summed E-state index contributed by atoms with van der Waals surface area (Å²) in [6, 6.07) is 5.63. The van der Waals surface area contributed by atoms with Gasteiger partial charge in [0.25, 0.3) is 11.8 Å². The van der Waals surface area contributed by atoms with Crippen LogP contribution in [0.3, 0.4) is 0 Å². The highest BCUT2D eigenvalue weighted by atomic mass is 32.1. The molecule has 0 aliphatic rings. The Morgan fingerprint density at radius 1 is 0.714 bits per heavy atom. The predicted octanol–water partition coefficient (Wildman–Crippen LogP) is -0.155. The molecule has 1 aromatic carbocycles. The first-order chi connectivity index (χ1) is 13.2. The van der Waals surface area contributed by atoms with E-state index in [0.717, 1.165) is 0 Å². The van der Waals surface area contributed by atoms with Crippen molar-refractivity contribution < 1.29 is 29.4 Å². The Balaban J connectivity index is 2.50. The first-order valence-corrected chi connectivity index (χ1v) is 8.72. The van der Waals surface area contributed by atoms with Crippen LogP contribution in [-0.4, -0.2) is 57.3 Å². The highest BCUT2D eigenvalue weighted by molar-refractivity contribution is 7.80. The van der Waals surface area contributed by atoms with Crippen LogP contribution < -0.4 is 21.3 Å². The summed E-state index contributed by atoms with van der Waals surface area (Å²) in [5.74, 6) is -3.03. The lowest BCUT2D eigenvalue weighted by Crippen LogP contribution is -2.40. The summed E-state index contributed by atoms with van der Waals surface area (Å²) in [5, 5.41) is 27.0. The number of carboxylic acids is 2. The maximum atomic E-state index is 12.1. The Hall–Kier alpha value is -3.12. The van der Waals surface area contributed by atoms with Gasteiger partial charge in [-0.25, -0.2) is 0 Å². The molecule has 150 valence electrons. The topological polar surface area (TPSA) is 157 Å². The maximum Gasteiger partial charge on any atom is 0.305 e. The first kappa shape index (κ1) is 22.9. The van der Waals surface area contributed by atoms with Gasteiger partial charge in [0, 0.05) is 24.2 Å². The van der Waals surface area contributed by atoms with Crippen molar-refractivity contribution in [1.29, 1.82) is 0 Å². The Bertz CT molecular complexity index is 717. The van der Waals surface area contributed by atoms with Gasteiger partial charge in [-0.1, -0.05) is 0 Å². The lowest BCUT2D eigenvalue weighted by atomic mass is 10.1. The van der Waals surface area contributed by atoms with Gasteiger partial charge in [-0.2, -0.15) is 0 Å². The Kier molecular flexibility index (Phi) is 9.47. The van der Waals surface area contributed by atoms with Gasteiger partial charge in [0.15, 0.2) is 10.2 Å². The van der Waals surface area contributed by atoms with Crippen LogP contribution in [0.1, 0.15) is 33.6 Å². The van der Waals surface area contributed by atoms with E-state index in [-0.39, 0.29) is 47.3 Å². The van der Waals surface area contributed by atoms with Crippen molar-refractivity contribution in [2.45, 2.75) is 12.8 Å². The van der Waals surface area contributed by atoms with Crippen LogP contribution >= 0.6 is 24.4 Å². The van der Waals surface area contributed by atoms with E-state index < -0.39 is 23.8 Å². The second kappa shape index (κ2) is 11.6. The number of nitrogens with one attached hydrogen (secondary N) is 4. The average molecular weight is 426 g/mol. The third-order valence-electron chi connectivity index (χ3n) is 3.11. The van der Waals surface area contributed by atoms with Gasteiger partial charge in [0.05, 0.1) is 12.8 Å². The number of amides is 2. The summed E-state index contributed by atoms with van der Waals surface area (Å²) < 4.78 is 0. The fourth-order valence-corrected chi connectivity index (χ4v) is 2.17. The zero-order chi connectivity index (χ0) is 21.1. The molecule has 0 atom stereocenters. The molecular weight excluding hydrogens is 408 g/mol. The van der Waals surface area contributed by atoms with Crippen molar-refractivity contribution in [3.63, 3.8) is 0 Å². The van der Waals surface area contributed by atoms with Gasteiger partial charge < -0.3 is 20.8 Å². The van der Waals surface area contributed by atoms with Crippen LogP contribution in [-0.2, 0) is 9.59 Å². The van der Waals surface area contributed by atoms with Crippen molar-refractivity contribution in [2.24, 2.45) is 0 Å². The van der Waals surface area contributed by atoms with E-state index in [9.17, 15) is 19.2 Å². The van der Waals surface area contributed by atoms with Crippen LogP contribution in [0.25, 0.3) is 0 Å². The lowest BCUT2D eigenvalue weighted by Gasteiger charge is -2.10. The summed E-state index contributed by atoms with van der Waals surface area (Å²) in [7, 11) is 0. The maximum absolute atomic E-state index is 12.1. The molecule has 0 aromatic heterocycles. The predicted molar refractivity (Wildman–Crippen MR) is 107 cm³/mol. The number of benzene rings is 1. The Morgan fingerprint density at radius 3 is 1.32 bits per heavy atom. The highest BCUT2D eigenvalue weighted by Crippen LogP contribution is 2.04. The fraction of sp³-hybridized carbons (Fsp3) is 0.250. The van der Waals surface area contributed by atoms with E-state index >= 15 is 0 Å². The number of hydrogen-bond acceptors (Lipinski definition) is 6. The molecule has 0 fully saturated rings. The molecule has 10 nitrogen and oxygen atoms in total. The summed E-state index contributed by atoms with van der Waals surface area (Å²) in [4.78, 5) is 44.9. The summed E-state index contributed by atoms with van der Waals surface area (Å²) in [6.07, 6.45) is -0.292. The summed E-state index contributed by atoms with van der Waals surface area (Å²) in [6.45, 7) is 0.155. The normalized spacial score (nSPS) is 9.71. The number of carbonyl (C=O) groups is 4. The van der Waals surface area contributed by atoms with Gasteiger partial charge in [0.1, 0.15) is 0 Å². The molecule has 0 spiro atoms. The van der Waals surface area contributed by atoms with Crippen LogP contribution in [0, 0.1) is 0 Å². The van der Waals surface area contributed by atoms with Crippen LogP contribution in [0.4, 0.5) is 0 Å². The number of thiocarbonyl (C=S) groups is 2. The lowest BCUT2D eigenvalue weighted by molar-refractivity contribution is -0.137. The van der Waals surface area contributed by atoms with Gasteiger partial charge in [-0.3, -0.25) is 29.8 Å². The molecular formula is C16H18N4O6S2. The van der Waals surface area contributed by atoms with Crippen molar-refractivity contribution in [1.82, 2.24) is 21.3 Å². The molecule has 12 heteroatoms. The van der Waals surface area contributed by atoms with E-state index in [2.05, 4.69) is 21.3 Å². The number of rotatable bonds is 8. The van der Waals surface area contributed by atoms with E-state index in [1.165, 1.54) is 24.3 Å². The SMILES string of the molecule is O=C(O)CCNC(=S)NC(=O)c1ccc(C(=O)NC(=S)NCCC(=O)O)cc1. The molecule has 0 heterocycles. The van der Waals surface area contributed by atoms with E-state index in [4.69, 9.17) is 34.6 Å². The van der Waals surface area contributed by atoms with E-state index in [0.29, 0.717) is 0 Å². The molecule has 0 saturated carbocycles. The molecule has 1 rings (SSSR count). The second-order valence-corrected chi connectivity index (χ2v) is 6.10. The van der Waals surface area contributed by atoms with E-state index in [1.54, 1.807) is 0 Å². The summed E-state index contributed by atoms with van der Waals surface area (Å²) >= 11 is 9.78. The van der Waals surface area contributed by atoms with Gasteiger partial charge in [-0.15, -0.1) is 0 Å². The molecule has 0 aliphatic carbocycles. The summed E-state index contributed by atoms with van der Waals surface area (Å²) in [5.41, 5.74) is 0.474. The van der Waals surface area contributed by atoms with Gasteiger partial charge >= 0.3 is 11.9 Å². The third-order valence-corrected chi connectivity index (χ3v) is 3.61. The third kappa shape index (κ3) is 9.00. The van der Waals surface area contributed by atoms with Gasteiger partial charge in [0.2, 0.25) is 0 Å². The molecule has 28 heavy (non-hydrogen) atoms. The smallest absolute Gasteiger partial charge is 0.305 e. The van der Waals surface area contributed by atoms with Crippen molar-refractivity contribution >= 4 is 58.4 Å². The zero-order valence-electron chi connectivity index (χ0n) is 14.5. The fourth-order valence-electron chi connectivity index (χ4n) is 1.78. The number of carbonyl (C=O) groups excluding carboxylic acids is 2. The van der Waals surface area contributed by atoms with Gasteiger partial charge in [-0.05, 0) is 48.7 Å². The minimum Gasteiger partial charge on any atom is -0.481 e. The van der Waals surface area contributed by atoms with E-state index in [1.807, 2.05) is 0 Å². The zero-order valence-corrected chi connectivity index (χ0v) is 16.1. The standard InChI is InChI=1S/C16H18N4O6S2/c21-11(22)5-7-17-15(27)19-13(25)9-1-2-10(4-3-9)14(26)20-16(28)18-8-6-12(23)24/h1-4H,5-8H2,(H,21,22)(H,23,24)(H2,17,19,25,27)(H2,18,20,26,28). The minimum atomic E-state index is -0.993. The number of carboxylic acid groups (broad SMARTS) is 2. The Labute approximate surface area is 170 Å². The van der Waals surface area contributed by atoms with Crippen LogP contribution in [0.5, 0.6) is 0 Å². The minimum absolute atomic E-state index is 0.00847. The van der Waals surface area contributed by atoms with Crippen molar-refractivity contribution in [2.75, 3.05) is 13.1 Å². The van der Waals surface area contributed by atoms with Crippen LogP contribution in [0.15, 0.2) is 24.3 Å². The molecule has 0 unspecified atom stereocenters.